The highest BCUT2D eigenvalue weighted by atomic mass is 32.2. The molecule has 3 nitrogen and oxygen atoms in total. The van der Waals surface area contributed by atoms with Gasteiger partial charge in [0.1, 0.15) is 5.65 Å². The zero-order valence-corrected chi connectivity index (χ0v) is 12.6. The van der Waals surface area contributed by atoms with E-state index in [0.717, 1.165) is 25.0 Å². The van der Waals surface area contributed by atoms with Crippen molar-refractivity contribution >= 4 is 22.8 Å². The maximum Gasteiger partial charge on any atom is 0.140 e. The lowest BCUT2D eigenvalue weighted by atomic mass is 10.1. The molecule has 0 spiro atoms. The number of hydrogen-bond donors (Lipinski definition) is 1. The molecule has 0 aliphatic carbocycles. The number of pyridine rings is 1. The fourth-order valence-electron chi connectivity index (χ4n) is 2.33. The second-order valence-corrected chi connectivity index (χ2v) is 5.93. The van der Waals surface area contributed by atoms with Crippen molar-refractivity contribution < 1.29 is 0 Å². The topological polar surface area (TPSA) is 43.8 Å². The first-order valence-electron chi connectivity index (χ1n) is 6.93. The molecule has 0 bridgehead atoms. The molecule has 0 amide bonds. The number of fused-ring (bicyclic) bond motifs is 1. The third kappa shape index (κ3) is 3.51. The third-order valence-corrected chi connectivity index (χ3v) is 4.17. The largest absolute Gasteiger partial charge is 0.332 e. The van der Waals surface area contributed by atoms with Gasteiger partial charge in [0.15, 0.2) is 0 Å². The molecule has 2 aromatic rings. The molecule has 4 heteroatoms. The Morgan fingerprint density at radius 3 is 3.05 bits per heavy atom. The summed E-state index contributed by atoms with van der Waals surface area (Å²) in [7, 11) is 0. The number of aryl methyl sites for hydroxylation is 1. The van der Waals surface area contributed by atoms with Crippen LogP contribution in [0.3, 0.4) is 0 Å². The summed E-state index contributed by atoms with van der Waals surface area (Å²) < 4.78 is 2.28. The maximum atomic E-state index is 6.09. The van der Waals surface area contributed by atoms with Gasteiger partial charge in [0.05, 0.1) is 0 Å². The Morgan fingerprint density at radius 2 is 2.32 bits per heavy atom. The van der Waals surface area contributed by atoms with Gasteiger partial charge in [-0.15, -0.1) is 0 Å². The van der Waals surface area contributed by atoms with Crippen LogP contribution in [0.1, 0.15) is 25.3 Å². The standard InChI is InChI=1S/C15H23N3S/c1-3-13(16)10-12-11-18(8-5-9-19-2)15-14(12)6-4-7-17-15/h4,6-7,11,13H,3,5,8-10,16H2,1-2H3. The molecule has 0 aliphatic rings. The first-order chi connectivity index (χ1) is 9.26. The number of rotatable bonds is 7. The predicted octanol–water partition coefficient (Wildman–Crippen LogP) is 3.07. The molecule has 0 saturated heterocycles. The molecule has 0 saturated carbocycles. The molecule has 0 aliphatic heterocycles. The normalized spacial score (nSPS) is 13.0. The first kappa shape index (κ1) is 14.4. The van der Waals surface area contributed by atoms with Crippen LogP contribution >= 0.6 is 11.8 Å². The fourth-order valence-corrected chi connectivity index (χ4v) is 2.75. The van der Waals surface area contributed by atoms with Crippen molar-refractivity contribution in [1.29, 1.82) is 0 Å². The van der Waals surface area contributed by atoms with Crippen molar-refractivity contribution in [3.8, 4) is 0 Å². The Bertz CT molecular complexity index is 521. The van der Waals surface area contributed by atoms with Crippen LogP contribution in [0.25, 0.3) is 11.0 Å². The summed E-state index contributed by atoms with van der Waals surface area (Å²) in [4.78, 5) is 4.53. The van der Waals surface area contributed by atoms with E-state index in [0.29, 0.717) is 0 Å². The van der Waals surface area contributed by atoms with E-state index in [2.05, 4.69) is 35.0 Å². The van der Waals surface area contributed by atoms with Crippen LogP contribution in [0, 0.1) is 0 Å². The lowest BCUT2D eigenvalue weighted by Gasteiger charge is -2.06. The van der Waals surface area contributed by atoms with Crippen molar-refractivity contribution in [2.45, 2.75) is 38.8 Å². The summed E-state index contributed by atoms with van der Waals surface area (Å²) in [5.41, 5.74) is 8.53. The van der Waals surface area contributed by atoms with Gasteiger partial charge in [-0.3, -0.25) is 0 Å². The summed E-state index contributed by atoms with van der Waals surface area (Å²) >= 11 is 1.89. The SMILES string of the molecule is CCC(N)Cc1cn(CCCSC)c2ncccc12. The van der Waals surface area contributed by atoms with Crippen molar-refractivity contribution in [2.24, 2.45) is 5.73 Å². The summed E-state index contributed by atoms with van der Waals surface area (Å²) in [6.07, 6.45) is 9.40. The fraction of sp³-hybridized carbons (Fsp3) is 0.533. The zero-order valence-electron chi connectivity index (χ0n) is 11.8. The van der Waals surface area contributed by atoms with Gasteiger partial charge < -0.3 is 10.3 Å². The summed E-state index contributed by atoms with van der Waals surface area (Å²) in [6.45, 7) is 3.18. The molecule has 2 N–H and O–H groups in total. The van der Waals surface area contributed by atoms with Crippen LogP contribution in [0.15, 0.2) is 24.5 Å². The Morgan fingerprint density at radius 1 is 1.47 bits per heavy atom. The van der Waals surface area contributed by atoms with Gasteiger partial charge in [-0.05, 0) is 49.0 Å². The number of thioether (sulfide) groups is 1. The molecule has 2 heterocycles. The highest BCUT2D eigenvalue weighted by molar-refractivity contribution is 7.98. The lowest BCUT2D eigenvalue weighted by Crippen LogP contribution is -2.21. The van der Waals surface area contributed by atoms with Crippen molar-refractivity contribution in [2.75, 3.05) is 12.0 Å². The second-order valence-electron chi connectivity index (χ2n) is 4.94. The Balaban J connectivity index is 2.26. The van der Waals surface area contributed by atoms with Crippen LogP contribution in [0.5, 0.6) is 0 Å². The average molecular weight is 277 g/mol. The minimum absolute atomic E-state index is 0.241. The number of nitrogens with zero attached hydrogens (tertiary/aromatic N) is 2. The molecule has 19 heavy (non-hydrogen) atoms. The van der Waals surface area contributed by atoms with E-state index in [-0.39, 0.29) is 6.04 Å². The van der Waals surface area contributed by atoms with Crippen LogP contribution in [-0.2, 0) is 13.0 Å². The molecule has 1 unspecified atom stereocenters. The quantitative estimate of drug-likeness (QED) is 0.791. The van der Waals surface area contributed by atoms with Crippen LogP contribution in [0.4, 0.5) is 0 Å². The average Bonchev–Trinajstić information content (AvgIpc) is 2.78. The van der Waals surface area contributed by atoms with E-state index in [1.807, 2.05) is 24.0 Å². The minimum Gasteiger partial charge on any atom is -0.332 e. The van der Waals surface area contributed by atoms with Crippen LogP contribution < -0.4 is 5.73 Å². The summed E-state index contributed by atoms with van der Waals surface area (Å²) in [5.74, 6) is 1.19. The van der Waals surface area contributed by atoms with E-state index in [1.165, 1.54) is 23.1 Å². The smallest absolute Gasteiger partial charge is 0.140 e. The van der Waals surface area contributed by atoms with Gasteiger partial charge >= 0.3 is 0 Å². The van der Waals surface area contributed by atoms with Gasteiger partial charge in [-0.2, -0.15) is 11.8 Å². The van der Waals surface area contributed by atoms with E-state index >= 15 is 0 Å². The van der Waals surface area contributed by atoms with E-state index in [1.54, 1.807) is 0 Å². The molecule has 0 fully saturated rings. The summed E-state index contributed by atoms with van der Waals surface area (Å²) in [6, 6.07) is 4.41. The van der Waals surface area contributed by atoms with E-state index in [4.69, 9.17) is 5.73 Å². The van der Waals surface area contributed by atoms with E-state index in [9.17, 15) is 0 Å². The van der Waals surface area contributed by atoms with Crippen molar-refractivity contribution in [1.82, 2.24) is 9.55 Å². The molecule has 0 radical (unpaired) electrons. The zero-order chi connectivity index (χ0) is 13.7. The predicted molar refractivity (Wildman–Crippen MR) is 84.7 cm³/mol. The molecule has 0 aromatic carbocycles. The molecule has 2 rings (SSSR count). The number of aromatic nitrogens is 2. The Labute approximate surface area is 119 Å². The van der Waals surface area contributed by atoms with Crippen molar-refractivity contribution in [3.05, 3.63) is 30.1 Å². The highest BCUT2D eigenvalue weighted by Crippen LogP contribution is 2.21. The Kier molecular flexibility index (Phi) is 5.28. The Hall–Kier alpha value is -1.00. The van der Waals surface area contributed by atoms with Gasteiger partial charge in [0.2, 0.25) is 0 Å². The lowest BCUT2D eigenvalue weighted by molar-refractivity contribution is 0.643. The van der Waals surface area contributed by atoms with Gasteiger partial charge in [0, 0.05) is 30.4 Å². The molecular weight excluding hydrogens is 254 g/mol. The third-order valence-electron chi connectivity index (χ3n) is 3.47. The second kappa shape index (κ2) is 6.96. The van der Waals surface area contributed by atoms with Gasteiger partial charge in [0.25, 0.3) is 0 Å². The first-order valence-corrected chi connectivity index (χ1v) is 8.33. The monoisotopic (exact) mass is 277 g/mol. The highest BCUT2D eigenvalue weighted by Gasteiger charge is 2.11. The molecular formula is C15H23N3S. The minimum atomic E-state index is 0.241. The van der Waals surface area contributed by atoms with Crippen molar-refractivity contribution in [3.63, 3.8) is 0 Å². The maximum absolute atomic E-state index is 6.09. The number of hydrogen-bond acceptors (Lipinski definition) is 3. The summed E-state index contributed by atoms with van der Waals surface area (Å²) in [5, 5.41) is 1.26. The molecule has 2 aromatic heterocycles. The van der Waals surface area contributed by atoms with Crippen LogP contribution in [-0.4, -0.2) is 27.6 Å². The van der Waals surface area contributed by atoms with E-state index < -0.39 is 0 Å². The molecule has 1 atom stereocenters. The molecule has 104 valence electrons. The van der Waals surface area contributed by atoms with Gasteiger partial charge in [-0.25, -0.2) is 4.98 Å². The number of nitrogens with two attached hydrogens (primary N) is 1. The van der Waals surface area contributed by atoms with Crippen LogP contribution in [0.2, 0.25) is 0 Å². The van der Waals surface area contributed by atoms with Gasteiger partial charge in [-0.1, -0.05) is 6.92 Å².